The van der Waals surface area contributed by atoms with Gasteiger partial charge in [-0.2, -0.15) is 0 Å². The molecule has 1 aromatic carbocycles. The molecule has 3 heterocycles. The van der Waals surface area contributed by atoms with Crippen molar-refractivity contribution in [3.63, 3.8) is 0 Å². The van der Waals surface area contributed by atoms with Crippen LogP contribution in [0, 0.1) is 13.8 Å². The second kappa shape index (κ2) is 7.52. The van der Waals surface area contributed by atoms with Gasteiger partial charge in [0, 0.05) is 29.1 Å². The van der Waals surface area contributed by atoms with Gasteiger partial charge in [-0.25, -0.2) is 4.39 Å². The van der Waals surface area contributed by atoms with Gasteiger partial charge in [0.1, 0.15) is 17.2 Å². The predicted molar refractivity (Wildman–Crippen MR) is 119 cm³/mol. The number of aromatic hydroxyl groups is 1. The lowest BCUT2D eigenvalue weighted by Gasteiger charge is -2.30. The number of alkyl halides is 1. The molecular weight excluding hydrogens is 393 g/mol. The maximum Gasteiger partial charge on any atom is 0.141 e. The Morgan fingerprint density at radius 1 is 1.10 bits per heavy atom. The van der Waals surface area contributed by atoms with Gasteiger partial charge in [0.15, 0.2) is 0 Å². The normalized spacial score (nSPS) is 16.1. The number of aromatic nitrogens is 3. The van der Waals surface area contributed by atoms with Crippen molar-refractivity contribution >= 4 is 11.0 Å². The van der Waals surface area contributed by atoms with Crippen LogP contribution in [0.5, 0.6) is 5.75 Å². The smallest absolute Gasteiger partial charge is 0.141 e. The summed E-state index contributed by atoms with van der Waals surface area (Å²) in [6, 6.07) is 9.11. The van der Waals surface area contributed by atoms with Crippen LogP contribution in [0.15, 0.2) is 47.2 Å². The highest BCUT2D eigenvalue weighted by atomic mass is 19.1. The van der Waals surface area contributed by atoms with E-state index in [0.717, 1.165) is 64.0 Å². The van der Waals surface area contributed by atoms with E-state index in [9.17, 15) is 5.11 Å². The summed E-state index contributed by atoms with van der Waals surface area (Å²) in [5, 5.41) is 13.7. The van der Waals surface area contributed by atoms with Gasteiger partial charge in [0.2, 0.25) is 0 Å². The van der Waals surface area contributed by atoms with E-state index >= 15 is 4.39 Å². The van der Waals surface area contributed by atoms with Crippen molar-refractivity contribution in [2.24, 2.45) is 0 Å². The molecule has 0 bridgehead atoms. The maximum absolute atomic E-state index is 15.7. The molecular formula is C25H26FN3O2. The van der Waals surface area contributed by atoms with Crippen molar-refractivity contribution in [1.29, 1.82) is 0 Å². The minimum atomic E-state index is -1.20. The Labute approximate surface area is 180 Å². The molecule has 1 saturated carbocycles. The SMILES string of the molecule is Cc1noc(C)c1-c1cnc2c(-c3ccc(O)cc3)cn(CC3(F)CCCCC3)c2c1. The highest BCUT2D eigenvalue weighted by Gasteiger charge is 2.33. The summed E-state index contributed by atoms with van der Waals surface area (Å²) >= 11 is 0. The highest BCUT2D eigenvalue weighted by molar-refractivity contribution is 5.95. The Kier molecular flexibility index (Phi) is 4.80. The molecule has 1 aliphatic rings. The van der Waals surface area contributed by atoms with Crippen LogP contribution in [0.4, 0.5) is 4.39 Å². The fourth-order valence-electron chi connectivity index (χ4n) is 4.83. The van der Waals surface area contributed by atoms with Crippen LogP contribution in [0.2, 0.25) is 0 Å². The van der Waals surface area contributed by atoms with E-state index < -0.39 is 5.67 Å². The molecule has 3 aromatic heterocycles. The summed E-state index contributed by atoms with van der Waals surface area (Å²) < 4.78 is 23.0. The van der Waals surface area contributed by atoms with Gasteiger partial charge in [-0.05, 0) is 50.5 Å². The predicted octanol–water partition coefficient (Wildman–Crippen LogP) is 6.35. The fourth-order valence-corrected chi connectivity index (χ4v) is 4.83. The molecule has 0 unspecified atom stereocenters. The second-order valence-electron chi connectivity index (χ2n) is 8.72. The quantitative estimate of drug-likeness (QED) is 0.418. The molecule has 0 atom stereocenters. The lowest BCUT2D eigenvalue weighted by Crippen LogP contribution is -2.31. The fraction of sp³-hybridized carbons (Fsp3) is 0.360. The third-order valence-corrected chi connectivity index (χ3v) is 6.42. The van der Waals surface area contributed by atoms with Crippen LogP contribution >= 0.6 is 0 Å². The first-order chi connectivity index (χ1) is 14.9. The van der Waals surface area contributed by atoms with Crippen molar-refractivity contribution in [3.8, 4) is 28.0 Å². The lowest BCUT2D eigenvalue weighted by molar-refractivity contribution is 0.0873. The molecule has 1 aliphatic carbocycles. The number of phenols is 1. The Morgan fingerprint density at radius 2 is 1.84 bits per heavy atom. The number of phenolic OH excluding ortho intramolecular Hbond substituents is 1. The number of aryl methyl sites for hydroxylation is 2. The molecule has 0 spiro atoms. The van der Waals surface area contributed by atoms with Crippen LogP contribution in [-0.2, 0) is 6.54 Å². The van der Waals surface area contributed by atoms with Gasteiger partial charge in [0.25, 0.3) is 0 Å². The molecule has 0 radical (unpaired) electrons. The molecule has 0 saturated heterocycles. The molecule has 160 valence electrons. The van der Waals surface area contributed by atoms with Crippen LogP contribution in [-0.4, -0.2) is 25.5 Å². The number of hydrogen-bond donors (Lipinski definition) is 1. The Balaban J connectivity index is 1.67. The zero-order valence-electron chi connectivity index (χ0n) is 17.9. The first kappa shape index (κ1) is 19.8. The number of fused-ring (bicyclic) bond motifs is 1. The van der Waals surface area contributed by atoms with Crippen LogP contribution in [0.1, 0.15) is 43.6 Å². The zero-order chi connectivity index (χ0) is 21.6. The van der Waals surface area contributed by atoms with Crippen molar-refractivity contribution < 1.29 is 14.0 Å². The summed E-state index contributed by atoms with van der Waals surface area (Å²) in [5.41, 5.74) is 5.04. The minimum absolute atomic E-state index is 0.214. The van der Waals surface area contributed by atoms with Crippen molar-refractivity contribution in [2.45, 2.75) is 58.2 Å². The van der Waals surface area contributed by atoms with Gasteiger partial charge < -0.3 is 14.2 Å². The molecule has 5 nitrogen and oxygen atoms in total. The number of nitrogens with zero attached hydrogens (tertiary/aromatic N) is 3. The monoisotopic (exact) mass is 419 g/mol. The molecule has 6 heteroatoms. The summed E-state index contributed by atoms with van der Waals surface area (Å²) in [5.74, 6) is 0.954. The average molecular weight is 420 g/mol. The number of halogens is 1. The van der Waals surface area contributed by atoms with Gasteiger partial charge in [0.05, 0.1) is 23.3 Å². The van der Waals surface area contributed by atoms with E-state index in [0.29, 0.717) is 19.4 Å². The summed E-state index contributed by atoms with van der Waals surface area (Å²) in [4.78, 5) is 4.78. The standard InChI is InChI=1S/C25H26FN3O2/c1-16-23(17(2)31-28-16)19-12-22-24(27-13-19)21(18-6-8-20(30)9-7-18)14-29(22)15-25(26)10-4-3-5-11-25/h6-9,12-14,30H,3-5,10-11,15H2,1-2H3. The van der Waals surface area contributed by atoms with Crippen LogP contribution < -0.4 is 0 Å². The molecule has 1 N–H and O–H groups in total. The number of pyridine rings is 1. The third kappa shape index (κ3) is 3.60. The van der Waals surface area contributed by atoms with Crippen molar-refractivity contribution in [2.75, 3.05) is 0 Å². The van der Waals surface area contributed by atoms with Gasteiger partial charge >= 0.3 is 0 Å². The molecule has 4 aromatic rings. The summed E-state index contributed by atoms with van der Waals surface area (Å²) in [7, 11) is 0. The van der Waals surface area contributed by atoms with Gasteiger partial charge in [-0.3, -0.25) is 4.98 Å². The van der Waals surface area contributed by atoms with E-state index in [1.165, 1.54) is 0 Å². The van der Waals surface area contributed by atoms with Gasteiger partial charge in [-0.15, -0.1) is 0 Å². The number of benzene rings is 1. The molecule has 5 rings (SSSR count). The van der Waals surface area contributed by atoms with E-state index in [2.05, 4.69) is 11.2 Å². The zero-order valence-corrected chi connectivity index (χ0v) is 17.9. The van der Waals surface area contributed by atoms with Crippen molar-refractivity contribution in [3.05, 3.63) is 54.2 Å². The van der Waals surface area contributed by atoms with Crippen LogP contribution in [0.25, 0.3) is 33.3 Å². The number of rotatable bonds is 4. The maximum atomic E-state index is 15.7. The Morgan fingerprint density at radius 3 is 2.52 bits per heavy atom. The number of hydrogen-bond acceptors (Lipinski definition) is 4. The van der Waals surface area contributed by atoms with Crippen molar-refractivity contribution in [1.82, 2.24) is 14.7 Å². The highest BCUT2D eigenvalue weighted by Crippen LogP contribution is 2.38. The first-order valence-corrected chi connectivity index (χ1v) is 10.8. The van der Waals surface area contributed by atoms with E-state index in [4.69, 9.17) is 9.51 Å². The minimum Gasteiger partial charge on any atom is -0.508 e. The topological polar surface area (TPSA) is 64.1 Å². The first-order valence-electron chi connectivity index (χ1n) is 10.8. The van der Waals surface area contributed by atoms with E-state index in [1.54, 1.807) is 12.1 Å². The third-order valence-electron chi connectivity index (χ3n) is 6.42. The second-order valence-corrected chi connectivity index (χ2v) is 8.72. The Bertz CT molecular complexity index is 1210. The van der Waals surface area contributed by atoms with E-state index in [-0.39, 0.29) is 5.75 Å². The molecule has 0 aliphatic heterocycles. The summed E-state index contributed by atoms with van der Waals surface area (Å²) in [6.07, 6.45) is 7.99. The van der Waals surface area contributed by atoms with Gasteiger partial charge in [-0.1, -0.05) is 36.6 Å². The molecule has 1 fully saturated rings. The Hall–Kier alpha value is -3.15. The van der Waals surface area contributed by atoms with Crippen LogP contribution in [0.3, 0.4) is 0 Å². The summed E-state index contributed by atoms with van der Waals surface area (Å²) in [6.45, 7) is 4.11. The van der Waals surface area contributed by atoms with E-state index in [1.807, 2.05) is 42.9 Å². The average Bonchev–Trinajstić information content (AvgIpc) is 3.28. The lowest BCUT2D eigenvalue weighted by atomic mass is 9.86. The molecule has 0 amide bonds. The largest absolute Gasteiger partial charge is 0.508 e. The molecule has 31 heavy (non-hydrogen) atoms.